The smallest absolute Gasteiger partial charge is 0.290 e. The van der Waals surface area contributed by atoms with Crippen molar-refractivity contribution in [2.75, 3.05) is 46.5 Å². The number of aromatic nitrogens is 2. The summed E-state index contributed by atoms with van der Waals surface area (Å²) in [7, 11) is 1.93. The Bertz CT molecular complexity index is 528. The summed E-state index contributed by atoms with van der Waals surface area (Å²) in [6.07, 6.45) is 1.72. The van der Waals surface area contributed by atoms with Crippen LogP contribution in [0.4, 0.5) is 0 Å². The molecule has 0 radical (unpaired) electrons. The Kier molecular flexibility index (Phi) is 10.2. The first-order valence-corrected chi connectivity index (χ1v) is 8.93. The number of nitrogens with zero attached hydrogens (tertiary/aromatic N) is 4. The molecular weight excluding hydrogens is 348 g/mol. The first-order chi connectivity index (χ1) is 12.1. The van der Waals surface area contributed by atoms with E-state index >= 15 is 0 Å². The fraction of sp³-hybridized carbons (Fsp3) is 0.733. The third-order valence-corrected chi connectivity index (χ3v) is 4.49. The van der Waals surface area contributed by atoms with Crippen LogP contribution in [0.1, 0.15) is 28.7 Å². The first-order valence-electron chi connectivity index (χ1n) is 8.16. The van der Waals surface area contributed by atoms with Gasteiger partial charge in [-0.2, -0.15) is 0 Å². The molecule has 2 rings (SSSR count). The number of carboxylic acid groups (broad SMARTS) is 1. The third-order valence-electron chi connectivity index (χ3n) is 3.73. The highest BCUT2D eigenvalue weighted by Crippen LogP contribution is 2.19. The normalized spacial score (nSPS) is 17.1. The molecule has 25 heavy (non-hydrogen) atoms. The van der Waals surface area contributed by atoms with E-state index in [9.17, 15) is 4.79 Å². The van der Waals surface area contributed by atoms with Crippen LogP contribution in [0.3, 0.4) is 0 Å². The summed E-state index contributed by atoms with van der Waals surface area (Å²) >= 11 is 1.18. The van der Waals surface area contributed by atoms with Crippen LogP contribution in [-0.4, -0.2) is 94.5 Å². The van der Waals surface area contributed by atoms with Gasteiger partial charge in [0, 0.05) is 19.6 Å². The van der Waals surface area contributed by atoms with Gasteiger partial charge in [-0.25, -0.2) is 0 Å². The van der Waals surface area contributed by atoms with Gasteiger partial charge in [0.25, 0.3) is 12.4 Å². The van der Waals surface area contributed by atoms with Gasteiger partial charge in [-0.15, -0.1) is 5.10 Å². The molecule has 1 amide bonds. The molecule has 0 aromatic carbocycles. The number of carbonyl (C=O) groups excluding carboxylic acids is 1. The maximum atomic E-state index is 12.8. The SMILES string of the molecule is CCCc1nnsc1C(=O)N1CCOCC1CN(C)CCO.O=CO. The number of carbonyl (C=O) groups is 2. The van der Waals surface area contributed by atoms with Crippen LogP contribution in [0.25, 0.3) is 0 Å². The van der Waals surface area contributed by atoms with Crippen LogP contribution >= 0.6 is 11.5 Å². The van der Waals surface area contributed by atoms with Crippen molar-refractivity contribution in [2.45, 2.75) is 25.8 Å². The molecular formula is C15H26N4O5S. The summed E-state index contributed by atoms with van der Waals surface area (Å²) in [5, 5.41) is 20.0. The molecule has 1 aliphatic rings. The van der Waals surface area contributed by atoms with Crippen molar-refractivity contribution in [3.05, 3.63) is 10.6 Å². The predicted molar refractivity (Wildman–Crippen MR) is 92.8 cm³/mol. The molecule has 0 saturated carbocycles. The van der Waals surface area contributed by atoms with Gasteiger partial charge in [-0.1, -0.05) is 17.8 Å². The summed E-state index contributed by atoms with van der Waals surface area (Å²) in [4.78, 5) is 25.7. The Balaban J connectivity index is 0.000000970. The van der Waals surface area contributed by atoms with Gasteiger partial charge in [0.05, 0.1) is 31.6 Å². The summed E-state index contributed by atoms with van der Waals surface area (Å²) < 4.78 is 9.47. The zero-order valence-corrected chi connectivity index (χ0v) is 15.4. The first kappa shape index (κ1) is 21.4. The summed E-state index contributed by atoms with van der Waals surface area (Å²) in [5.41, 5.74) is 0.798. The van der Waals surface area contributed by atoms with Crippen LogP contribution in [0, 0.1) is 0 Å². The average molecular weight is 374 g/mol. The maximum Gasteiger partial charge on any atom is 0.290 e. The molecule has 142 valence electrons. The van der Waals surface area contributed by atoms with E-state index in [0.29, 0.717) is 37.7 Å². The van der Waals surface area contributed by atoms with E-state index in [-0.39, 0.29) is 25.0 Å². The molecule has 1 unspecified atom stereocenters. The van der Waals surface area contributed by atoms with Crippen molar-refractivity contribution in [1.29, 1.82) is 0 Å². The molecule has 1 aliphatic heterocycles. The number of amides is 1. The molecule has 2 N–H and O–H groups in total. The molecule has 1 atom stereocenters. The van der Waals surface area contributed by atoms with Crippen LogP contribution in [0.15, 0.2) is 0 Å². The topological polar surface area (TPSA) is 116 Å². The van der Waals surface area contributed by atoms with Crippen molar-refractivity contribution >= 4 is 23.9 Å². The number of rotatable bonds is 7. The van der Waals surface area contributed by atoms with Gasteiger partial charge < -0.3 is 24.7 Å². The number of aliphatic hydroxyl groups is 1. The second kappa shape index (κ2) is 11.9. The number of aryl methyl sites for hydroxylation is 1. The second-order valence-corrected chi connectivity index (χ2v) is 6.37. The Morgan fingerprint density at radius 2 is 2.28 bits per heavy atom. The lowest BCUT2D eigenvalue weighted by Crippen LogP contribution is -2.53. The minimum Gasteiger partial charge on any atom is -0.483 e. The molecule has 10 heteroatoms. The van der Waals surface area contributed by atoms with Crippen molar-refractivity contribution < 1.29 is 24.5 Å². The van der Waals surface area contributed by atoms with Gasteiger partial charge in [0.15, 0.2) is 0 Å². The molecule has 1 aromatic heterocycles. The van der Waals surface area contributed by atoms with Gasteiger partial charge in [0.2, 0.25) is 0 Å². The number of likely N-dealkylation sites (N-methyl/N-ethyl adjacent to an activating group) is 1. The monoisotopic (exact) mass is 374 g/mol. The highest BCUT2D eigenvalue weighted by Gasteiger charge is 2.31. The number of morpholine rings is 1. The van der Waals surface area contributed by atoms with Crippen molar-refractivity contribution in [3.63, 3.8) is 0 Å². The largest absolute Gasteiger partial charge is 0.483 e. The number of hydrogen-bond acceptors (Lipinski definition) is 8. The van der Waals surface area contributed by atoms with Crippen molar-refractivity contribution in [2.24, 2.45) is 0 Å². The zero-order chi connectivity index (χ0) is 18.7. The molecule has 0 aliphatic carbocycles. The highest BCUT2D eigenvalue weighted by molar-refractivity contribution is 7.08. The molecule has 0 spiro atoms. The lowest BCUT2D eigenvalue weighted by Gasteiger charge is -2.37. The van der Waals surface area contributed by atoms with E-state index in [0.717, 1.165) is 18.5 Å². The van der Waals surface area contributed by atoms with Gasteiger partial charge in [-0.3, -0.25) is 9.59 Å². The van der Waals surface area contributed by atoms with E-state index in [1.807, 2.05) is 16.8 Å². The Labute approximate surface area is 151 Å². The fourth-order valence-electron chi connectivity index (χ4n) is 2.60. The highest BCUT2D eigenvalue weighted by atomic mass is 32.1. The lowest BCUT2D eigenvalue weighted by atomic mass is 10.1. The van der Waals surface area contributed by atoms with Crippen LogP contribution < -0.4 is 0 Å². The molecule has 1 fully saturated rings. The predicted octanol–water partition coefficient (Wildman–Crippen LogP) is -0.0435. The van der Waals surface area contributed by atoms with Crippen molar-refractivity contribution in [1.82, 2.24) is 19.4 Å². The number of hydrogen-bond donors (Lipinski definition) is 2. The van der Waals surface area contributed by atoms with Crippen LogP contribution in [-0.2, 0) is 16.0 Å². The standard InChI is InChI=1S/C14H24N4O3S.CH2O2/c1-3-4-12-13(22-16-15-12)14(20)18-6-8-21-10-11(18)9-17(2)5-7-19;2-1-3/h11,19H,3-10H2,1-2H3;1H,(H,2,3). The Hall–Kier alpha value is -1.62. The summed E-state index contributed by atoms with van der Waals surface area (Å²) in [6.45, 7) is 4.86. The zero-order valence-electron chi connectivity index (χ0n) is 14.6. The van der Waals surface area contributed by atoms with Crippen LogP contribution in [0.5, 0.6) is 0 Å². The molecule has 9 nitrogen and oxygen atoms in total. The Morgan fingerprint density at radius 1 is 1.56 bits per heavy atom. The molecule has 1 aromatic rings. The summed E-state index contributed by atoms with van der Waals surface area (Å²) in [5.74, 6) is 0.00384. The summed E-state index contributed by atoms with van der Waals surface area (Å²) in [6, 6.07) is -0.00521. The van der Waals surface area contributed by atoms with E-state index in [1.165, 1.54) is 11.5 Å². The molecule has 0 bridgehead atoms. The van der Waals surface area contributed by atoms with Crippen molar-refractivity contribution in [3.8, 4) is 0 Å². The molecule has 1 saturated heterocycles. The third kappa shape index (κ3) is 6.65. The van der Waals surface area contributed by atoms with Gasteiger partial charge >= 0.3 is 0 Å². The van der Waals surface area contributed by atoms with E-state index < -0.39 is 0 Å². The lowest BCUT2D eigenvalue weighted by molar-refractivity contribution is -0.122. The van der Waals surface area contributed by atoms with E-state index in [2.05, 4.69) is 16.5 Å². The number of ether oxygens (including phenoxy) is 1. The maximum absolute atomic E-state index is 12.8. The number of aliphatic hydroxyl groups excluding tert-OH is 1. The van der Waals surface area contributed by atoms with Gasteiger partial charge in [-0.05, 0) is 25.0 Å². The fourth-order valence-corrected chi connectivity index (χ4v) is 3.26. The minimum atomic E-state index is -0.250. The van der Waals surface area contributed by atoms with Crippen LogP contribution in [0.2, 0.25) is 0 Å². The average Bonchev–Trinajstić information content (AvgIpc) is 3.04. The quantitative estimate of drug-likeness (QED) is 0.639. The van der Waals surface area contributed by atoms with E-state index in [1.54, 1.807) is 0 Å². The minimum absolute atomic E-state index is 0.00384. The molecule has 2 heterocycles. The second-order valence-electron chi connectivity index (χ2n) is 5.62. The Morgan fingerprint density at radius 3 is 2.92 bits per heavy atom. The van der Waals surface area contributed by atoms with E-state index in [4.69, 9.17) is 19.7 Å². The van der Waals surface area contributed by atoms with Gasteiger partial charge in [0.1, 0.15) is 4.88 Å².